The predicted octanol–water partition coefficient (Wildman–Crippen LogP) is 10.9. The van der Waals surface area contributed by atoms with Crippen molar-refractivity contribution in [3.8, 4) is 12.3 Å². The molecule has 0 aliphatic carbocycles. The topological polar surface area (TPSA) is 0 Å². The van der Waals surface area contributed by atoms with E-state index in [9.17, 15) is 0 Å². The van der Waals surface area contributed by atoms with Crippen LogP contribution < -0.4 is 0 Å². The number of hydrogen-bond acceptors (Lipinski definition) is 0. The van der Waals surface area contributed by atoms with Gasteiger partial charge in [-0.1, -0.05) is 47.9 Å². The molecule has 0 amide bonds. The van der Waals surface area contributed by atoms with E-state index in [2.05, 4.69) is 114 Å². The highest BCUT2D eigenvalue weighted by Crippen LogP contribution is 2.10. The van der Waals surface area contributed by atoms with E-state index >= 15 is 0 Å². The van der Waals surface area contributed by atoms with Crippen LogP contribution in [0.3, 0.4) is 0 Å². The van der Waals surface area contributed by atoms with Gasteiger partial charge in [0.15, 0.2) is 0 Å². The highest BCUT2D eigenvalue weighted by atomic mass is 27.2. The van der Waals surface area contributed by atoms with Crippen LogP contribution in [0.1, 0.15) is 101 Å². The van der Waals surface area contributed by atoms with Gasteiger partial charge in [-0.25, -0.2) is 0 Å². The Labute approximate surface area is 220 Å². The Balaban J connectivity index is -0.000000193. The molecule has 33 heavy (non-hydrogen) atoms. The van der Waals surface area contributed by atoms with Crippen molar-refractivity contribution in [1.82, 2.24) is 0 Å². The van der Waals surface area contributed by atoms with Crippen LogP contribution in [-0.2, 0) is 0 Å². The van der Waals surface area contributed by atoms with Crippen LogP contribution in [-0.4, -0.2) is 28.3 Å². The van der Waals surface area contributed by atoms with E-state index in [1.807, 2.05) is 0 Å². The normalized spacial score (nSPS) is 10.0. The van der Waals surface area contributed by atoms with E-state index in [1.54, 1.807) is 10.0 Å². The van der Waals surface area contributed by atoms with Gasteiger partial charge in [0, 0.05) is 6.42 Å². The maximum Gasteiger partial charge on any atom is 0.292 e. The monoisotopic (exact) mass is 484 g/mol. The van der Waals surface area contributed by atoms with Gasteiger partial charge < -0.3 is 0 Å². The first-order chi connectivity index (χ1) is 14.9. The van der Waals surface area contributed by atoms with Crippen molar-refractivity contribution in [1.29, 1.82) is 0 Å². The smallest absolute Gasteiger partial charge is 0.146 e. The van der Waals surface area contributed by atoms with Crippen LogP contribution in [0.2, 0.25) is 23.1 Å². The molecule has 0 aromatic rings. The molecule has 0 unspecified atom stereocenters. The van der Waals surface area contributed by atoms with Gasteiger partial charge in [-0.05, 0) is 87.5 Å². The minimum absolute atomic E-state index is 0. The summed E-state index contributed by atoms with van der Waals surface area (Å²) in [6.45, 7) is 17.3. The van der Waals surface area contributed by atoms with Crippen LogP contribution >= 0.6 is 0 Å². The lowest BCUT2D eigenvalue weighted by molar-refractivity contribution is 0.969. The number of allylic oxidation sites excluding steroid dienone is 9. The van der Waals surface area contributed by atoms with Crippen molar-refractivity contribution in [3.05, 3.63) is 56.0 Å². The Bertz CT molecular complexity index is 635. The highest BCUT2D eigenvalue weighted by molar-refractivity contribution is 6.64. The van der Waals surface area contributed by atoms with Crippen LogP contribution in [0, 0.1) is 12.3 Å². The molecule has 0 bridgehead atoms. The Morgan fingerprint density at radius 2 is 1.15 bits per heavy atom. The second kappa shape index (κ2) is 27.6. The maximum atomic E-state index is 5.04. The number of rotatable bonds is 10. The van der Waals surface area contributed by atoms with E-state index < -0.39 is 28.3 Å². The molecule has 0 radical (unpaired) electrons. The van der Waals surface area contributed by atoms with Crippen LogP contribution in [0.25, 0.3) is 0 Å². The van der Waals surface area contributed by atoms with Gasteiger partial charge in [0.25, 0.3) is 28.3 Å². The molecule has 0 heterocycles. The summed E-state index contributed by atoms with van der Waals surface area (Å²) >= 11 is -0.995. The fourth-order valence-electron chi connectivity index (χ4n) is 2.98. The Morgan fingerprint density at radius 1 is 0.727 bits per heavy atom. The molecule has 0 aliphatic rings. The first-order valence-corrected chi connectivity index (χ1v) is 18.4. The van der Waals surface area contributed by atoms with Crippen LogP contribution in [0.4, 0.5) is 0 Å². The van der Waals surface area contributed by atoms with E-state index in [0.717, 1.165) is 12.8 Å². The summed E-state index contributed by atoms with van der Waals surface area (Å²) in [4.78, 5) is 2.48. The van der Waals surface area contributed by atoms with Gasteiger partial charge in [-0.15, -0.1) is 50.9 Å². The van der Waals surface area contributed by atoms with Gasteiger partial charge >= 0.3 is 0 Å². The van der Waals surface area contributed by atoms with Crippen molar-refractivity contribution < 1.29 is 0 Å². The summed E-state index contributed by atoms with van der Waals surface area (Å²) in [6.07, 6.45) is 21.0. The molecule has 0 rings (SSSR count). The zero-order chi connectivity index (χ0) is 25.5. The minimum atomic E-state index is -0.517. The molecular formula is C31H58Al2. The third-order valence-electron chi connectivity index (χ3n) is 4.65. The molecule has 0 spiro atoms. The average molecular weight is 485 g/mol. The van der Waals surface area contributed by atoms with Crippen molar-refractivity contribution in [3.63, 3.8) is 0 Å². The first kappa shape index (κ1) is 39.5. The number of terminal acetylenes is 1. The molecule has 0 fully saturated rings. The quantitative estimate of drug-likeness (QED) is 0.125. The summed E-state index contributed by atoms with van der Waals surface area (Å²) in [5.41, 5.74) is 5.80. The summed E-state index contributed by atoms with van der Waals surface area (Å²) in [6, 6.07) is 0. The summed E-state index contributed by atoms with van der Waals surface area (Å²) < 4.78 is 1.72. The molecule has 0 atom stereocenters. The van der Waals surface area contributed by atoms with Crippen LogP contribution in [0.15, 0.2) is 56.0 Å². The lowest BCUT2D eigenvalue weighted by atomic mass is 10.1. The first-order valence-electron chi connectivity index (χ1n) is 12.5. The highest BCUT2D eigenvalue weighted by Gasteiger charge is 2.06. The molecule has 0 aliphatic heterocycles. The lowest BCUT2D eigenvalue weighted by Gasteiger charge is -2.05. The third-order valence-corrected chi connectivity index (χ3v) is 7.99. The third kappa shape index (κ3) is 38.9. The molecule has 0 saturated heterocycles. The molecule has 2 heteroatoms. The van der Waals surface area contributed by atoms with Gasteiger partial charge in [-0.2, -0.15) is 0 Å². The lowest BCUT2D eigenvalue weighted by Crippen LogP contribution is -2.04. The zero-order valence-corrected chi connectivity index (χ0v) is 26.2. The van der Waals surface area contributed by atoms with Gasteiger partial charge in [-0.3, -0.25) is 0 Å². The van der Waals surface area contributed by atoms with Crippen molar-refractivity contribution >= 4 is 28.3 Å². The molecule has 0 saturated carbocycles. The Kier molecular flexibility index (Phi) is 33.0. The van der Waals surface area contributed by atoms with Gasteiger partial charge in [0.2, 0.25) is 0 Å². The number of hydrogen-bond donors (Lipinski definition) is 0. The fourth-order valence-corrected chi connectivity index (χ4v) is 5.69. The van der Waals surface area contributed by atoms with Crippen LogP contribution in [0.5, 0.6) is 0 Å². The van der Waals surface area contributed by atoms with Gasteiger partial charge in [0.05, 0.1) is 0 Å². The predicted molar refractivity (Wildman–Crippen MR) is 164 cm³/mol. The SMILES string of the molecule is C.C#CCCC=C(C)C.C/C=[C](/CCC=C(C)C)[Al]([CH3])[CH3].CC(C)=CCC/C(C)=[CH]/[Al]([CH3])[CH3]. The minimum Gasteiger partial charge on any atom is -0.146 e. The van der Waals surface area contributed by atoms with Crippen molar-refractivity contribution in [2.24, 2.45) is 0 Å². The molecule has 188 valence electrons. The Morgan fingerprint density at radius 3 is 1.48 bits per heavy atom. The average Bonchev–Trinajstić information content (AvgIpc) is 2.65. The van der Waals surface area contributed by atoms with Crippen molar-refractivity contribution in [2.75, 3.05) is 0 Å². The van der Waals surface area contributed by atoms with E-state index in [4.69, 9.17) is 6.42 Å². The fraction of sp³-hybridized carbons (Fsp3) is 0.613. The number of unbranched alkanes of at least 4 members (excludes halogenated alkanes) is 1. The second-order valence-electron chi connectivity index (χ2n) is 9.94. The summed E-state index contributed by atoms with van der Waals surface area (Å²) in [5.74, 6) is 12.1. The van der Waals surface area contributed by atoms with E-state index in [0.29, 0.717) is 0 Å². The molecule has 0 aromatic carbocycles. The summed E-state index contributed by atoms with van der Waals surface area (Å²) in [5, 5.41) is 0. The molecule has 0 N–H and O–H groups in total. The second-order valence-corrected chi connectivity index (χ2v) is 15.8. The van der Waals surface area contributed by atoms with Crippen molar-refractivity contribution in [2.45, 2.75) is 124 Å². The molecular weight excluding hydrogens is 426 g/mol. The zero-order valence-electron chi connectivity index (χ0n) is 23.9. The van der Waals surface area contributed by atoms with E-state index in [-0.39, 0.29) is 7.43 Å². The largest absolute Gasteiger partial charge is 0.292 e. The van der Waals surface area contributed by atoms with E-state index in [1.165, 1.54) is 42.4 Å². The maximum absolute atomic E-state index is 5.04. The molecule has 0 aromatic heterocycles. The van der Waals surface area contributed by atoms with Gasteiger partial charge in [0.1, 0.15) is 0 Å². The standard InChI is InChI=1S/2C9H15.C8H12.CH4.4CH3.2Al/c1-8(2)6-5-7-9(3)4;1-4-5-6-7-8-9(2)3;1-4-5-6-7-8(2)3;;;;;;;/h1,7H,5-6H2,2-4H3;4,8H,6-7H2,1-3H3;1,7H,5-6H2,2-3H3;1H4;4*1H3;;. The molecule has 0 nitrogen and oxygen atoms in total. The Hall–Kier alpha value is -0.675. The summed E-state index contributed by atoms with van der Waals surface area (Å²) in [7, 11) is 0.